The predicted octanol–water partition coefficient (Wildman–Crippen LogP) is 4.72. The summed E-state index contributed by atoms with van der Waals surface area (Å²) in [6.07, 6.45) is 6.35. The van der Waals surface area contributed by atoms with Gasteiger partial charge in [-0.05, 0) is 42.4 Å². The molecule has 6 nitrogen and oxygen atoms in total. The molecule has 1 aliphatic rings. The van der Waals surface area contributed by atoms with E-state index in [0.29, 0.717) is 20.5 Å². The molecule has 4 aromatic rings. The molecule has 0 unspecified atom stereocenters. The monoisotopic (exact) mass is 454 g/mol. The van der Waals surface area contributed by atoms with Gasteiger partial charge in [0.1, 0.15) is 4.83 Å². The quantitative estimate of drug-likeness (QED) is 0.337. The van der Waals surface area contributed by atoms with Crippen molar-refractivity contribution >= 4 is 55.7 Å². The van der Waals surface area contributed by atoms with Crippen LogP contribution in [0.15, 0.2) is 45.1 Å². The standard InChI is InChI=1S/C21H18N4O2S3/c26-16(23-20-22-7-8-28-20)11-30-21-24-18(27)17-15(10-29-19(17)25-21)14-6-5-12-3-1-2-4-13(12)9-14/h5-10H,1-4,11H2,(H,22,23,26)(H,24,25,27). The highest BCUT2D eigenvalue weighted by molar-refractivity contribution is 7.99. The van der Waals surface area contributed by atoms with Crippen molar-refractivity contribution in [3.63, 3.8) is 0 Å². The fourth-order valence-electron chi connectivity index (χ4n) is 3.69. The van der Waals surface area contributed by atoms with Crippen LogP contribution >= 0.6 is 34.4 Å². The maximum absolute atomic E-state index is 12.8. The van der Waals surface area contributed by atoms with Crippen molar-refractivity contribution in [3.8, 4) is 11.1 Å². The molecule has 1 aromatic carbocycles. The van der Waals surface area contributed by atoms with E-state index in [1.54, 1.807) is 11.6 Å². The van der Waals surface area contributed by atoms with E-state index >= 15 is 0 Å². The molecule has 152 valence electrons. The third-order valence-corrected chi connectivity index (χ3v) is 7.53. The van der Waals surface area contributed by atoms with E-state index in [9.17, 15) is 9.59 Å². The third-order valence-electron chi connectivity index (χ3n) is 5.10. The average molecular weight is 455 g/mol. The Balaban J connectivity index is 1.38. The van der Waals surface area contributed by atoms with E-state index in [4.69, 9.17) is 0 Å². The van der Waals surface area contributed by atoms with E-state index in [1.807, 2.05) is 5.38 Å². The summed E-state index contributed by atoms with van der Waals surface area (Å²) in [4.78, 5) is 37.0. The van der Waals surface area contributed by atoms with Crippen LogP contribution in [0.5, 0.6) is 0 Å². The van der Waals surface area contributed by atoms with Gasteiger partial charge in [-0.25, -0.2) is 9.97 Å². The molecule has 9 heteroatoms. The minimum atomic E-state index is -0.182. The number of aromatic amines is 1. The number of hydrogen-bond acceptors (Lipinski definition) is 7. The van der Waals surface area contributed by atoms with E-state index < -0.39 is 0 Å². The van der Waals surface area contributed by atoms with Crippen LogP contribution in [0, 0.1) is 0 Å². The first kappa shape index (κ1) is 19.5. The fourth-order valence-corrected chi connectivity index (χ4v) is 5.90. The Kier molecular flexibility index (Phi) is 5.41. The number of carbonyl (C=O) groups excluding carboxylic acids is 1. The van der Waals surface area contributed by atoms with Crippen LogP contribution in [0.3, 0.4) is 0 Å². The first-order valence-electron chi connectivity index (χ1n) is 9.63. The summed E-state index contributed by atoms with van der Waals surface area (Å²) in [5.74, 6) is -0.0319. The normalized spacial score (nSPS) is 13.3. The number of thiazole rings is 1. The number of aromatic nitrogens is 3. The molecule has 0 spiro atoms. The zero-order valence-electron chi connectivity index (χ0n) is 15.9. The molecule has 0 bridgehead atoms. The van der Waals surface area contributed by atoms with Gasteiger partial charge in [-0.1, -0.05) is 30.0 Å². The van der Waals surface area contributed by atoms with Gasteiger partial charge in [-0.3, -0.25) is 9.59 Å². The summed E-state index contributed by atoms with van der Waals surface area (Å²) >= 11 is 4.03. The van der Waals surface area contributed by atoms with Crippen molar-refractivity contribution in [2.45, 2.75) is 30.8 Å². The molecule has 30 heavy (non-hydrogen) atoms. The van der Waals surface area contributed by atoms with Gasteiger partial charge in [-0.15, -0.1) is 22.7 Å². The Labute approximate surface area is 184 Å². The number of hydrogen-bond donors (Lipinski definition) is 2. The highest BCUT2D eigenvalue weighted by Gasteiger charge is 2.16. The van der Waals surface area contributed by atoms with Crippen LogP contribution in [0.25, 0.3) is 21.3 Å². The Morgan fingerprint density at radius 3 is 2.90 bits per heavy atom. The molecule has 3 heterocycles. The summed E-state index contributed by atoms with van der Waals surface area (Å²) in [7, 11) is 0. The van der Waals surface area contributed by atoms with Crippen LogP contribution in [-0.4, -0.2) is 26.6 Å². The van der Waals surface area contributed by atoms with E-state index in [2.05, 4.69) is 38.5 Å². The first-order chi connectivity index (χ1) is 14.7. The third kappa shape index (κ3) is 3.92. The molecule has 0 aliphatic heterocycles. The number of thiophene rings is 1. The number of fused-ring (bicyclic) bond motifs is 2. The number of H-pyrrole nitrogens is 1. The molecule has 3 aromatic heterocycles. The highest BCUT2D eigenvalue weighted by atomic mass is 32.2. The number of amides is 1. The maximum atomic E-state index is 12.8. The Morgan fingerprint density at radius 1 is 1.20 bits per heavy atom. The summed E-state index contributed by atoms with van der Waals surface area (Å²) in [6, 6.07) is 6.53. The molecular formula is C21H18N4O2S3. The minimum Gasteiger partial charge on any atom is -0.301 e. The zero-order chi connectivity index (χ0) is 20.5. The van der Waals surface area contributed by atoms with Gasteiger partial charge >= 0.3 is 0 Å². The predicted molar refractivity (Wildman–Crippen MR) is 124 cm³/mol. The van der Waals surface area contributed by atoms with Gasteiger partial charge < -0.3 is 10.3 Å². The molecule has 2 N–H and O–H groups in total. The minimum absolute atomic E-state index is 0.150. The van der Waals surface area contributed by atoms with Gasteiger partial charge in [0.25, 0.3) is 5.56 Å². The lowest BCUT2D eigenvalue weighted by atomic mass is 9.89. The number of rotatable bonds is 5. The summed E-state index contributed by atoms with van der Waals surface area (Å²) in [5, 5.41) is 8.15. The number of aryl methyl sites for hydroxylation is 2. The first-order valence-corrected chi connectivity index (χ1v) is 12.4. The summed E-state index contributed by atoms with van der Waals surface area (Å²) < 4.78 is 0. The second kappa shape index (κ2) is 8.33. The second-order valence-electron chi connectivity index (χ2n) is 7.07. The maximum Gasteiger partial charge on any atom is 0.260 e. The topological polar surface area (TPSA) is 87.7 Å². The van der Waals surface area contributed by atoms with Crippen molar-refractivity contribution in [1.29, 1.82) is 0 Å². The number of nitrogens with one attached hydrogen (secondary N) is 2. The van der Waals surface area contributed by atoms with Crippen molar-refractivity contribution in [2.75, 3.05) is 11.1 Å². The molecule has 0 saturated carbocycles. The van der Waals surface area contributed by atoms with Crippen LogP contribution in [0.4, 0.5) is 5.13 Å². The van der Waals surface area contributed by atoms with Crippen LogP contribution in [-0.2, 0) is 17.6 Å². The molecule has 1 aliphatic carbocycles. The number of carbonyl (C=O) groups is 1. The Bertz CT molecular complexity index is 1280. The smallest absolute Gasteiger partial charge is 0.260 e. The van der Waals surface area contributed by atoms with Gasteiger partial charge in [0.2, 0.25) is 5.91 Å². The molecular weight excluding hydrogens is 436 g/mol. The molecule has 5 rings (SSSR count). The molecule has 0 radical (unpaired) electrons. The van der Waals surface area contributed by atoms with E-state index in [1.165, 1.54) is 58.4 Å². The summed E-state index contributed by atoms with van der Waals surface area (Å²) in [6.45, 7) is 0. The Hall–Kier alpha value is -2.49. The van der Waals surface area contributed by atoms with Crippen molar-refractivity contribution in [2.24, 2.45) is 0 Å². The van der Waals surface area contributed by atoms with Gasteiger partial charge in [0.05, 0.1) is 11.1 Å². The van der Waals surface area contributed by atoms with Crippen molar-refractivity contribution < 1.29 is 4.79 Å². The summed E-state index contributed by atoms with van der Waals surface area (Å²) in [5.41, 5.74) is 4.64. The van der Waals surface area contributed by atoms with E-state index in [0.717, 1.165) is 24.0 Å². The number of anilines is 1. The molecule has 0 fully saturated rings. The average Bonchev–Trinajstić information content (AvgIpc) is 3.42. The van der Waals surface area contributed by atoms with Gasteiger partial charge in [-0.2, -0.15) is 0 Å². The van der Waals surface area contributed by atoms with Crippen LogP contribution in [0.1, 0.15) is 24.0 Å². The van der Waals surface area contributed by atoms with Gasteiger partial charge in [0, 0.05) is 22.5 Å². The lowest BCUT2D eigenvalue weighted by molar-refractivity contribution is -0.113. The molecule has 0 atom stereocenters. The molecule has 1 amide bonds. The lowest BCUT2D eigenvalue weighted by Gasteiger charge is -2.16. The number of thioether (sulfide) groups is 1. The van der Waals surface area contributed by atoms with Crippen LogP contribution in [0.2, 0.25) is 0 Å². The SMILES string of the molecule is O=C(CSc1nc2scc(-c3ccc4c(c3)CCCC4)c2c(=O)[nH]1)Nc1nccs1. The zero-order valence-corrected chi connectivity index (χ0v) is 18.4. The number of benzene rings is 1. The fraction of sp³-hybridized carbons (Fsp3) is 0.238. The van der Waals surface area contributed by atoms with Crippen molar-refractivity contribution in [1.82, 2.24) is 15.0 Å². The lowest BCUT2D eigenvalue weighted by Crippen LogP contribution is -2.15. The Morgan fingerprint density at radius 2 is 2.07 bits per heavy atom. The molecule has 0 saturated heterocycles. The van der Waals surface area contributed by atoms with Crippen molar-refractivity contribution in [3.05, 3.63) is 56.6 Å². The van der Waals surface area contributed by atoms with Crippen LogP contribution < -0.4 is 10.9 Å². The number of nitrogens with zero attached hydrogens (tertiary/aromatic N) is 2. The highest BCUT2D eigenvalue weighted by Crippen LogP contribution is 2.34. The van der Waals surface area contributed by atoms with Gasteiger partial charge in [0.15, 0.2) is 10.3 Å². The van der Waals surface area contributed by atoms with E-state index in [-0.39, 0.29) is 17.2 Å². The second-order valence-corrected chi connectivity index (χ2v) is 9.78. The largest absolute Gasteiger partial charge is 0.301 e.